The average molecular weight is 397 g/mol. The molecule has 6 heteroatoms. The Morgan fingerprint density at radius 3 is 2.41 bits per heavy atom. The Bertz CT molecular complexity index is 572. The molecule has 1 heterocycles. The summed E-state index contributed by atoms with van der Waals surface area (Å²) in [5.41, 5.74) is 0.997. The third-order valence-electron chi connectivity index (χ3n) is 5.99. The molecule has 1 fully saturated rings. The summed E-state index contributed by atoms with van der Waals surface area (Å²) >= 11 is 0. The van der Waals surface area contributed by atoms with Crippen molar-refractivity contribution in [2.75, 3.05) is 13.2 Å². The van der Waals surface area contributed by atoms with E-state index in [-0.39, 0.29) is 42.2 Å². The zero-order valence-electron chi connectivity index (χ0n) is 17.5. The van der Waals surface area contributed by atoms with Crippen LogP contribution in [0.3, 0.4) is 0 Å². The molecule has 5 atom stereocenters. The highest BCUT2D eigenvalue weighted by atomic mass is 28.4. The molecule has 0 aliphatic carbocycles. The Morgan fingerprint density at radius 2 is 1.89 bits per heavy atom. The van der Waals surface area contributed by atoms with Crippen LogP contribution in [0.2, 0.25) is 18.1 Å². The third-order valence-corrected chi connectivity index (χ3v) is 9.50. The van der Waals surface area contributed by atoms with E-state index >= 15 is 0 Å². The fourth-order valence-electron chi connectivity index (χ4n) is 3.05. The normalized spacial score (nSPS) is 26.6. The van der Waals surface area contributed by atoms with Gasteiger partial charge in [0, 0.05) is 18.1 Å². The second kappa shape index (κ2) is 9.16. The molecule has 0 amide bonds. The second-order valence-electron chi connectivity index (χ2n) is 8.94. The molecule has 27 heavy (non-hydrogen) atoms. The molecule has 1 aliphatic rings. The van der Waals surface area contributed by atoms with Crippen molar-refractivity contribution in [3.63, 3.8) is 0 Å². The molecule has 0 spiro atoms. The van der Waals surface area contributed by atoms with Gasteiger partial charge in [-0.05, 0) is 31.5 Å². The molecule has 5 nitrogen and oxygen atoms in total. The summed E-state index contributed by atoms with van der Waals surface area (Å²) in [6.45, 7) is 12.5. The standard InChI is InChI=1S/C21H36O5Si/c1-15(13-22)18(12-21(3,4)27(5,6)23)26-19-14-24-20(25-16(19)2)17-10-8-7-9-11-17/h7-11,15-16,18-20,22-23H,12-14H2,1-6H3/t15-,16-,18-,19?,20?/m0/s1. The first-order valence-corrected chi connectivity index (χ1v) is 12.8. The van der Waals surface area contributed by atoms with Crippen molar-refractivity contribution in [1.82, 2.24) is 0 Å². The van der Waals surface area contributed by atoms with E-state index in [9.17, 15) is 9.90 Å². The highest BCUT2D eigenvalue weighted by Crippen LogP contribution is 2.42. The molecule has 0 bridgehead atoms. The van der Waals surface area contributed by atoms with Gasteiger partial charge in [-0.25, -0.2) is 0 Å². The van der Waals surface area contributed by atoms with E-state index in [4.69, 9.17) is 14.2 Å². The van der Waals surface area contributed by atoms with Gasteiger partial charge < -0.3 is 24.1 Å². The van der Waals surface area contributed by atoms with E-state index in [1.807, 2.05) is 57.3 Å². The average Bonchev–Trinajstić information content (AvgIpc) is 2.61. The first-order valence-electron chi connectivity index (χ1n) is 9.86. The minimum atomic E-state index is -2.37. The van der Waals surface area contributed by atoms with Crippen LogP contribution in [0.5, 0.6) is 0 Å². The summed E-state index contributed by atoms with van der Waals surface area (Å²) in [4.78, 5) is 10.6. The van der Waals surface area contributed by atoms with Gasteiger partial charge in [-0.2, -0.15) is 0 Å². The monoisotopic (exact) mass is 396 g/mol. The smallest absolute Gasteiger partial charge is 0.188 e. The number of benzene rings is 1. The van der Waals surface area contributed by atoms with Crippen LogP contribution < -0.4 is 0 Å². The van der Waals surface area contributed by atoms with Gasteiger partial charge in [0.25, 0.3) is 0 Å². The number of aliphatic hydroxyl groups excluding tert-OH is 1. The van der Waals surface area contributed by atoms with Crippen molar-refractivity contribution in [3.8, 4) is 0 Å². The van der Waals surface area contributed by atoms with Crippen LogP contribution in [0.4, 0.5) is 0 Å². The predicted molar refractivity (Wildman–Crippen MR) is 109 cm³/mol. The van der Waals surface area contributed by atoms with E-state index < -0.39 is 8.32 Å². The van der Waals surface area contributed by atoms with Crippen LogP contribution in [-0.4, -0.2) is 49.7 Å². The second-order valence-corrected chi connectivity index (χ2v) is 13.4. The quantitative estimate of drug-likeness (QED) is 0.653. The van der Waals surface area contributed by atoms with Gasteiger partial charge >= 0.3 is 0 Å². The van der Waals surface area contributed by atoms with Crippen molar-refractivity contribution < 1.29 is 24.1 Å². The number of hydrogen-bond acceptors (Lipinski definition) is 5. The first-order chi connectivity index (χ1) is 12.5. The van der Waals surface area contributed by atoms with Crippen LogP contribution in [0, 0.1) is 5.92 Å². The molecular formula is C21H36O5Si. The maximum atomic E-state index is 10.6. The molecule has 1 saturated heterocycles. The number of aliphatic hydroxyl groups is 1. The maximum Gasteiger partial charge on any atom is 0.188 e. The Balaban J connectivity index is 2.03. The predicted octanol–water partition coefficient (Wildman–Crippen LogP) is 3.87. The SMILES string of the molecule is C[C@@H]1OC(c2ccccc2)OCC1O[C@@H](CC(C)(C)[Si](C)(C)O)[C@@H](C)CO. The van der Waals surface area contributed by atoms with Crippen molar-refractivity contribution in [2.45, 2.75) is 76.8 Å². The van der Waals surface area contributed by atoms with E-state index in [0.717, 1.165) is 5.56 Å². The van der Waals surface area contributed by atoms with Gasteiger partial charge in [-0.3, -0.25) is 0 Å². The van der Waals surface area contributed by atoms with Crippen LogP contribution >= 0.6 is 0 Å². The molecule has 0 aromatic heterocycles. The lowest BCUT2D eigenvalue weighted by Crippen LogP contribution is -2.47. The van der Waals surface area contributed by atoms with E-state index in [1.54, 1.807) is 0 Å². The zero-order chi connectivity index (χ0) is 20.2. The molecule has 1 aromatic carbocycles. The van der Waals surface area contributed by atoms with Crippen molar-refractivity contribution in [3.05, 3.63) is 35.9 Å². The van der Waals surface area contributed by atoms with Gasteiger partial charge in [-0.15, -0.1) is 0 Å². The Morgan fingerprint density at radius 1 is 1.26 bits per heavy atom. The number of hydrogen-bond donors (Lipinski definition) is 2. The number of rotatable bonds is 8. The summed E-state index contributed by atoms with van der Waals surface area (Å²) in [6.07, 6.45) is -0.189. The minimum Gasteiger partial charge on any atom is -0.432 e. The molecule has 154 valence electrons. The fourth-order valence-corrected chi connectivity index (χ4v) is 3.75. The van der Waals surface area contributed by atoms with Gasteiger partial charge in [0.05, 0.1) is 18.8 Å². The Kier molecular flexibility index (Phi) is 7.64. The summed E-state index contributed by atoms with van der Waals surface area (Å²) in [7, 11) is -2.37. The third kappa shape index (κ3) is 5.86. The first kappa shape index (κ1) is 22.5. The van der Waals surface area contributed by atoms with E-state index in [1.165, 1.54) is 0 Å². The molecule has 1 aromatic rings. The highest BCUT2D eigenvalue weighted by molar-refractivity contribution is 6.72. The van der Waals surface area contributed by atoms with Crippen LogP contribution in [0.25, 0.3) is 0 Å². The van der Waals surface area contributed by atoms with Gasteiger partial charge in [0.2, 0.25) is 0 Å². The van der Waals surface area contributed by atoms with Crippen LogP contribution in [0.1, 0.15) is 46.0 Å². The highest BCUT2D eigenvalue weighted by Gasteiger charge is 2.42. The van der Waals surface area contributed by atoms with E-state index in [0.29, 0.717) is 13.0 Å². The molecule has 0 radical (unpaired) electrons. The van der Waals surface area contributed by atoms with Gasteiger partial charge in [0.1, 0.15) is 6.10 Å². The molecule has 2 N–H and O–H groups in total. The van der Waals surface area contributed by atoms with Gasteiger partial charge in [0.15, 0.2) is 14.6 Å². The summed E-state index contributed by atoms with van der Waals surface area (Å²) in [5, 5.41) is 9.47. The van der Waals surface area contributed by atoms with Crippen molar-refractivity contribution in [1.29, 1.82) is 0 Å². The maximum absolute atomic E-state index is 10.6. The lowest BCUT2D eigenvalue weighted by atomic mass is 9.95. The van der Waals surface area contributed by atoms with Crippen molar-refractivity contribution in [2.24, 2.45) is 5.92 Å². The summed E-state index contributed by atoms with van der Waals surface area (Å²) in [6, 6.07) is 9.89. The lowest BCUT2D eigenvalue weighted by Gasteiger charge is -2.42. The molecule has 2 rings (SSSR count). The Labute approximate surface area is 164 Å². The fraction of sp³-hybridized carbons (Fsp3) is 0.714. The summed E-state index contributed by atoms with van der Waals surface area (Å²) < 4.78 is 18.3. The number of ether oxygens (including phenoxy) is 3. The summed E-state index contributed by atoms with van der Waals surface area (Å²) in [5.74, 6) is -0.0281. The zero-order valence-corrected chi connectivity index (χ0v) is 18.5. The minimum absolute atomic E-state index is 0.0281. The van der Waals surface area contributed by atoms with Crippen molar-refractivity contribution >= 4 is 8.32 Å². The van der Waals surface area contributed by atoms with Crippen LogP contribution in [0.15, 0.2) is 30.3 Å². The van der Waals surface area contributed by atoms with Crippen LogP contribution in [-0.2, 0) is 14.2 Å². The van der Waals surface area contributed by atoms with E-state index in [2.05, 4.69) is 13.8 Å². The topological polar surface area (TPSA) is 68.2 Å². The largest absolute Gasteiger partial charge is 0.432 e. The molecule has 1 aliphatic heterocycles. The Hall–Kier alpha value is -0.763. The molecule has 2 unspecified atom stereocenters. The van der Waals surface area contributed by atoms with Gasteiger partial charge in [-0.1, -0.05) is 51.1 Å². The molecule has 0 saturated carbocycles. The lowest BCUT2D eigenvalue weighted by molar-refractivity contribution is -0.272. The molecular weight excluding hydrogens is 360 g/mol.